The van der Waals surface area contributed by atoms with Crippen LogP contribution < -0.4 is 15.4 Å². The molecule has 5 nitrogen and oxygen atoms in total. The molecule has 0 atom stereocenters. The van der Waals surface area contributed by atoms with Gasteiger partial charge in [-0.3, -0.25) is 9.59 Å². The van der Waals surface area contributed by atoms with Crippen LogP contribution in [-0.4, -0.2) is 31.5 Å². The van der Waals surface area contributed by atoms with E-state index in [1.165, 1.54) is 0 Å². The lowest BCUT2D eigenvalue weighted by Gasteiger charge is -2.08. The number of carbonyl (C=O) groups is 2. The average Bonchev–Trinajstić information content (AvgIpc) is 2.60. The van der Waals surface area contributed by atoms with Crippen molar-refractivity contribution >= 4 is 23.4 Å². The summed E-state index contributed by atoms with van der Waals surface area (Å²) in [5.41, 5.74) is 0.886. The number of hydrogen-bond donors (Lipinski definition) is 2. The van der Waals surface area contributed by atoms with Gasteiger partial charge in [0, 0.05) is 18.1 Å². The summed E-state index contributed by atoms with van der Waals surface area (Å²) < 4.78 is 5.32. The molecule has 2 rings (SSSR count). The van der Waals surface area contributed by atoms with Crippen molar-refractivity contribution in [3.05, 3.63) is 65.2 Å². The summed E-state index contributed by atoms with van der Waals surface area (Å²) in [7, 11) is 0. The Morgan fingerprint density at radius 2 is 1.50 bits per heavy atom. The van der Waals surface area contributed by atoms with Gasteiger partial charge >= 0.3 is 0 Å². The molecule has 2 aromatic carbocycles. The Morgan fingerprint density at radius 3 is 2.17 bits per heavy atom. The minimum atomic E-state index is -0.231. The topological polar surface area (TPSA) is 67.4 Å². The van der Waals surface area contributed by atoms with Gasteiger partial charge in [0.2, 0.25) is 5.91 Å². The van der Waals surface area contributed by atoms with Crippen molar-refractivity contribution in [2.75, 3.05) is 19.7 Å². The van der Waals surface area contributed by atoms with Crippen molar-refractivity contribution in [3.8, 4) is 5.75 Å². The van der Waals surface area contributed by atoms with Gasteiger partial charge in [-0.05, 0) is 29.8 Å². The molecule has 2 N–H and O–H groups in total. The molecule has 6 heteroatoms. The van der Waals surface area contributed by atoms with Gasteiger partial charge in [0.05, 0.1) is 6.42 Å². The standard InChI is InChI=1S/C18H19ClN2O3/c19-15-8-6-14(7-9-15)12-17(22)20-10-11-21-18(23)13-24-16-4-2-1-3-5-16/h1-9H,10-13H2,(H,20,22)(H,21,23). The van der Waals surface area contributed by atoms with Gasteiger partial charge < -0.3 is 15.4 Å². The largest absolute Gasteiger partial charge is 0.484 e. The van der Waals surface area contributed by atoms with Gasteiger partial charge in [-0.2, -0.15) is 0 Å². The Hall–Kier alpha value is -2.53. The summed E-state index contributed by atoms with van der Waals surface area (Å²) in [6, 6.07) is 16.2. The number of ether oxygens (including phenoxy) is 1. The number of rotatable bonds is 8. The molecule has 0 spiro atoms. The van der Waals surface area contributed by atoms with Gasteiger partial charge in [0.25, 0.3) is 5.91 Å². The third-order valence-corrected chi connectivity index (χ3v) is 3.41. The zero-order valence-corrected chi connectivity index (χ0v) is 13.9. The average molecular weight is 347 g/mol. The van der Waals surface area contributed by atoms with Crippen LogP contribution in [0.2, 0.25) is 5.02 Å². The minimum Gasteiger partial charge on any atom is -0.484 e. The molecule has 0 saturated carbocycles. The van der Waals surface area contributed by atoms with Crippen molar-refractivity contribution < 1.29 is 14.3 Å². The van der Waals surface area contributed by atoms with Gasteiger partial charge in [-0.1, -0.05) is 41.9 Å². The summed E-state index contributed by atoms with van der Waals surface area (Å²) in [6.45, 7) is 0.662. The fourth-order valence-corrected chi connectivity index (χ4v) is 2.10. The highest BCUT2D eigenvalue weighted by atomic mass is 35.5. The van der Waals surface area contributed by atoms with E-state index in [9.17, 15) is 9.59 Å². The van der Waals surface area contributed by atoms with Crippen molar-refractivity contribution in [1.82, 2.24) is 10.6 Å². The van der Waals surface area contributed by atoms with Crippen LogP contribution in [0.1, 0.15) is 5.56 Å². The maximum Gasteiger partial charge on any atom is 0.258 e. The first-order valence-corrected chi connectivity index (χ1v) is 7.97. The first kappa shape index (κ1) is 17.8. The highest BCUT2D eigenvalue weighted by molar-refractivity contribution is 6.30. The Balaban J connectivity index is 1.57. The Labute approximate surface area is 146 Å². The smallest absolute Gasteiger partial charge is 0.258 e. The number of benzene rings is 2. The molecule has 0 unspecified atom stereocenters. The molecule has 0 radical (unpaired) electrons. The number of halogens is 1. The highest BCUT2D eigenvalue weighted by Crippen LogP contribution is 2.09. The van der Waals surface area contributed by atoms with Crippen molar-refractivity contribution in [1.29, 1.82) is 0 Å². The van der Waals surface area contributed by atoms with Crippen LogP contribution in [0.4, 0.5) is 0 Å². The number of para-hydroxylation sites is 1. The van der Waals surface area contributed by atoms with E-state index < -0.39 is 0 Å². The van der Waals surface area contributed by atoms with Gasteiger partial charge in [0.1, 0.15) is 5.75 Å². The number of amides is 2. The predicted molar refractivity (Wildman–Crippen MR) is 93.1 cm³/mol. The summed E-state index contributed by atoms with van der Waals surface area (Å²) in [4.78, 5) is 23.4. The maximum atomic E-state index is 11.8. The SMILES string of the molecule is O=C(COc1ccccc1)NCCNC(=O)Cc1ccc(Cl)cc1. The lowest BCUT2D eigenvalue weighted by molar-refractivity contribution is -0.124. The second-order valence-corrected chi connectivity index (χ2v) is 5.54. The Bertz CT molecular complexity index is 660. The molecule has 0 aliphatic carbocycles. The predicted octanol–water partition coefficient (Wildman–Crippen LogP) is 2.19. The third kappa shape index (κ3) is 6.71. The summed E-state index contributed by atoms with van der Waals surface area (Å²) in [5, 5.41) is 6.07. The van der Waals surface area contributed by atoms with E-state index in [0.29, 0.717) is 23.9 Å². The van der Waals surface area contributed by atoms with E-state index in [4.69, 9.17) is 16.3 Å². The molecule has 0 fully saturated rings. The molecule has 24 heavy (non-hydrogen) atoms. The summed E-state index contributed by atoms with van der Waals surface area (Å²) >= 11 is 5.79. The second-order valence-electron chi connectivity index (χ2n) is 5.10. The molecule has 0 aliphatic heterocycles. The summed E-state index contributed by atoms with van der Waals surface area (Å²) in [6.07, 6.45) is 0.280. The van der Waals surface area contributed by atoms with Crippen LogP contribution in [0.15, 0.2) is 54.6 Å². The molecule has 2 amide bonds. The molecule has 0 saturated heterocycles. The highest BCUT2D eigenvalue weighted by Gasteiger charge is 2.04. The van der Waals surface area contributed by atoms with E-state index in [1.54, 1.807) is 24.3 Å². The van der Waals surface area contributed by atoms with Crippen molar-refractivity contribution in [3.63, 3.8) is 0 Å². The molecular formula is C18H19ClN2O3. The van der Waals surface area contributed by atoms with E-state index in [0.717, 1.165) is 5.56 Å². The van der Waals surface area contributed by atoms with E-state index in [1.807, 2.05) is 30.3 Å². The van der Waals surface area contributed by atoms with Crippen molar-refractivity contribution in [2.45, 2.75) is 6.42 Å². The molecule has 0 heterocycles. The molecule has 0 aromatic heterocycles. The van der Waals surface area contributed by atoms with Crippen LogP contribution in [0.5, 0.6) is 5.75 Å². The van der Waals surface area contributed by atoms with Crippen LogP contribution in [-0.2, 0) is 16.0 Å². The zero-order valence-electron chi connectivity index (χ0n) is 13.1. The third-order valence-electron chi connectivity index (χ3n) is 3.16. The monoisotopic (exact) mass is 346 g/mol. The van der Waals surface area contributed by atoms with E-state index in [2.05, 4.69) is 10.6 Å². The quantitative estimate of drug-likeness (QED) is 0.720. The van der Waals surface area contributed by atoms with E-state index in [-0.39, 0.29) is 24.8 Å². The van der Waals surface area contributed by atoms with Crippen LogP contribution >= 0.6 is 11.6 Å². The van der Waals surface area contributed by atoms with Gasteiger partial charge in [-0.25, -0.2) is 0 Å². The normalized spacial score (nSPS) is 10.0. The van der Waals surface area contributed by atoms with Crippen LogP contribution in [0.3, 0.4) is 0 Å². The minimum absolute atomic E-state index is 0.0528. The number of nitrogens with one attached hydrogen (secondary N) is 2. The fraction of sp³-hybridized carbons (Fsp3) is 0.222. The van der Waals surface area contributed by atoms with Gasteiger partial charge in [-0.15, -0.1) is 0 Å². The first-order chi connectivity index (χ1) is 11.6. The Morgan fingerprint density at radius 1 is 0.875 bits per heavy atom. The lowest BCUT2D eigenvalue weighted by atomic mass is 10.1. The maximum absolute atomic E-state index is 11.8. The molecular weight excluding hydrogens is 328 g/mol. The molecule has 2 aromatic rings. The number of carbonyl (C=O) groups excluding carboxylic acids is 2. The van der Waals surface area contributed by atoms with Gasteiger partial charge in [0.15, 0.2) is 6.61 Å². The lowest BCUT2D eigenvalue weighted by Crippen LogP contribution is -2.37. The van der Waals surface area contributed by atoms with E-state index >= 15 is 0 Å². The molecule has 0 bridgehead atoms. The van der Waals surface area contributed by atoms with Crippen molar-refractivity contribution in [2.24, 2.45) is 0 Å². The first-order valence-electron chi connectivity index (χ1n) is 7.59. The Kier molecular flexibility index (Phi) is 7.11. The fourth-order valence-electron chi connectivity index (χ4n) is 1.97. The van der Waals surface area contributed by atoms with Crippen LogP contribution in [0.25, 0.3) is 0 Å². The van der Waals surface area contributed by atoms with Crippen LogP contribution in [0, 0.1) is 0 Å². The number of hydrogen-bond acceptors (Lipinski definition) is 3. The zero-order chi connectivity index (χ0) is 17.2. The molecule has 126 valence electrons. The summed E-state index contributed by atoms with van der Waals surface area (Å²) in [5.74, 6) is 0.307. The second kappa shape index (κ2) is 9.57. The molecule has 0 aliphatic rings.